The Balaban J connectivity index is 2.99. The quantitative estimate of drug-likeness (QED) is 0.256. The van der Waals surface area contributed by atoms with Gasteiger partial charge in [-0.25, -0.2) is 9.97 Å². The van der Waals surface area contributed by atoms with E-state index in [0.717, 1.165) is 6.42 Å². The lowest BCUT2D eigenvalue weighted by atomic mass is 9.95. The molecule has 0 aromatic carbocycles. The number of ether oxygens (including phenoxy) is 1. The average Bonchev–Trinajstić information content (AvgIpc) is 2.64. The minimum Gasteiger partial charge on any atom is -0.488 e. The maximum absolute atomic E-state index is 11.7. The molecule has 0 spiro atoms. The van der Waals surface area contributed by atoms with E-state index in [9.17, 15) is 13.0 Å². The van der Waals surface area contributed by atoms with Crippen molar-refractivity contribution in [3.63, 3.8) is 0 Å². The molecular weight excluding hydrogens is 470 g/mol. The first-order chi connectivity index (χ1) is 15.4. The predicted octanol–water partition coefficient (Wildman–Crippen LogP) is 5.17. The first kappa shape index (κ1) is 31.0. The van der Waals surface area contributed by atoms with Crippen molar-refractivity contribution in [3.05, 3.63) is 18.2 Å². The van der Waals surface area contributed by atoms with Gasteiger partial charge in [0.25, 0.3) is 10.1 Å². The number of hydrogen-bond acceptors (Lipinski definition) is 7. The fourth-order valence-electron chi connectivity index (χ4n) is 3.59. The zero-order valence-electron chi connectivity index (χ0n) is 22.5. The molecule has 0 amide bonds. The summed E-state index contributed by atoms with van der Waals surface area (Å²) in [5, 5.41) is 0.0595. The van der Waals surface area contributed by atoms with E-state index in [-0.39, 0.29) is 23.3 Å². The molecule has 0 aliphatic heterocycles. The lowest BCUT2D eigenvalue weighted by Crippen LogP contribution is -2.49. The van der Waals surface area contributed by atoms with E-state index < -0.39 is 30.1 Å². The van der Waals surface area contributed by atoms with Gasteiger partial charge in [0.1, 0.15) is 5.82 Å². The first-order valence-electron chi connectivity index (χ1n) is 12.3. The summed E-state index contributed by atoms with van der Waals surface area (Å²) in [7, 11) is -6.23. The van der Waals surface area contributed by atoms with Crippen molar-refractivity contribution in [2.75, 3.05) is 5.75 Å². The molecular formula is C24H47N3O5SSi. The van der Waals surface area contributed by atoms with E-state index >= 15 is 0 Å². The highest BCUT2D eigenvalue weighted by Gasteiger charge is 2.40. The van der Waals surface area contributed by atoms with E-state index in [1.165, 1.54) is 0 Å². The molecule has 1 aromatic rings. The van der Waals surface area contributed by atoms with Crippen LogP contribution in [0.1, 0.15) is 85.9 Å². The van der Waals surface area contributed by atoms with Gasteiger partial charge < -0.3 is 14.9 Å². The number of nitrogens with two attached hydrogens (primary N) is 1. The van der Waals surface area contributed by atoms with E-state index in [0.29, 0.717) is 36.8 Å². The van der Waals surface area contributed by atoms with E-state index in [2.05, 4.69) is 57.7 Å². The molecule has 1 aromatic heterocycles. The topological polar surface area (TPSA) is 125 Å². The number of hydrogen-bond donors (Lipinski definition) is 2. The van der Waals surface area contributed by atoms with Gasteiger partial charge in [0.15, 0.2) is 14.1 Å². The summed E-state index contributed by atoms with van der Waals surface area (Å²) >= 11 is 0. The summed E-state index contributed by atoms with van der Waals surface area (Å²) in [6.45, 7) is 19.2. The van der Waals surface area contributed by atoms with Gasteiger partial charge >= 0.3 is 0 Å². The average molecular weight is 518 g/mol. The van der Waals surface area contributed by atoms with Crippen LogP contribution in [0.2, 0.25) is 18.1 Å². The Labute approximate surface area is 208 Å². The van der Waals surface area contributed by atoms with E-state index in [4.69, 9.17) is 14.9 Å². The minimum atomic E-state index is -4.19. The standard InChI is InChI=1S/C24H47N3O5SSi/c1-17(2)13-21(25)22(32-34(8,9)24(5,6)7)12-10-11-19(16-33(28,29)30)23-26-14-20(15-27-23)31-18(3)4/h14-15,17-19,21-22H,10-13,16,25H2,1-9H3,(H,28,29,30). The Morgan fingerprint density at radius 2 is 1.65 bits per heavy atom. The molecule has 0 bridgehead atoms. The predicted molar refractivity (Wildman–Crippen MR) is 140 cm³/mol. The molecule has 0 radical (unpaired) electrons. The number of rotatable bonds is 14. The van der Waals surface area contributed by atoms with Crippen LogP contribution >= 0.6 is 0 Å². The Hall–Kier alpha value is -1.07. The van der Waals surface area contributed by atoms with Gasteiger partial charge in [-0.1, -0.05) is 41.0 Å². The second-order valence-electron chi connectivity index (χ2n) is 11.5. The van der Waals surface area contributed by atoms with Crippen molar-refractivity contribution < 1.29 is 22.1 Å². The van der Waals surface area contributed by atoms with E-state index in [1.807, 2.05) is 13.8 Å². The maximum atomic E-state index is 11.7. The third-order valence-corrected chi connectivity index (χ3v) is 11.6. The van der Waals surface area contributed by atoms with Crippen molar-refractivity contribution in [2.24, 2.45) is 11.7 Å². The van der Waals surface area contributed by atoms with Crippen molar-refractivity contribution in [3.8, 4) is 5.75 Å². The Bertz CT molecular complexity index is 839. The highest BCUT2D eigenvalue weighted by Crippen LogP contribution is 2.38. The molecule has 3 atom stereocenters. The highest BCUT2D eigenvalue weighted by molar-refractivity contribution is 7.85. The summed E-state index contributed by atoms with van der Waals surface area (Å²) in [6.07, 6.45) is 5.69. The fourth-order valence-corrected chi connectivity index (χ4v) is 5.82. The third kappa shape index (κ3) is 11.1. The maximum Gasteiger partial charge on any atom is 0.265 e. The van der Waals surface area contributed by atoms with Gasteiger partial charge in [-0.3, -0.25) is 4.55 Å². The van der Waals surface area contributed by atoms with E-state index in [1.54, 1.807) is 12.4 Å². The van der Waals surface area contributed by atoms with Crippen LogP contribution < -0.4 is 10.5 Å². The summed E-state index contributed by atoms with van der Waals surface area (Å²) in [6, 6.07) is -0.0992. The van der Waals surface area contributed by atoms with Gasteiger partial charge in [-0.05, 0) is 57.2 Å². The van der Waals surface area contributed by atoms with Gasteiger partial charge in [-0.15, -0.1) is 0 Å². The van der Waals surface area contributed by atoms with Crippen LogP contribution in [-0.2, 0) is 14.5 Å². The summed E-state index contributed by atoms with van der Waals surface area (Å²) in [5.41, 5.74) is 6.58. The summed E-state index contributed by atoms with van der Waals surface area (Å²) in [5.74, 6) is 0.392. The van der Waals surface area contributed by atoms with Gasteiger partial charge in [0.05, 0.1) is 30.4 Å². The minimum absolute atomic E-state index is 0.0176. The third-order valence-electron chi connectivity index (χ3n) is 6.31. The van der Waals surface area contributed by atoms with Crippen molar-refractivity contribution >= 4 is 18.4 Å². The van der Waals surface area contributed by atoms with Crippen molar-refractivity contribution in [1.82, 2.24) is 9.97 Å². The Morgan fingerprint density at radius 1 is 1.09 bits per heavy atom. The molecule has 8 nitrogen and oxygen atoms in total. The molecule has 3 unspecified atom stereocenters. The number of nitrogens with zero attached hydrogens (tertiary/aromatic N) is 2. The molecule has 1 heterocycles. The first-order valence-corrected chi connectivity index (χ1v) is 16.8. The smallest absolute Gasteiger partial charge is 0.265 e. The van der Waals surface area contributed by atoms with Crippen LogP contribution in [0.25, 0.3) is 0 Å². The Morgan fingerprint density at radius 3 is 2.09 bits per heavy atom. The zero-order chi connectivity index (χ0) is 26.3. The molecule has 0 saturated carbocycles. The van der Waals surface area contributed by atoms with Crippen LogP contribution in [0.5, 0.6) is 5.75 Å². The number of aromatic nitrogens is 2. The lowest BCUT2D eigenvalue weighted by Gasteiger charge is -2.41. The van der Waals surface area contributed by atoms with Crippen LogP contribution in [0.4, 0.5) is 0 Å². The van der Waals surface area contributed by atoms with Crippen LogP contribution in [0.3, 0.4) is 0 Å². The molecule has 198 valence electrons. The van der Waals surface area contributed by atoms with Crippen molar-refractivity contribution in [2.45, 2.75) is 116 Å². The molecule has 0 aliphatic rings. The molecule has 10 heteroatoms. The van der Waals surface area contributed by atoms with Gasteiger partial charge in [0.2, 0.25) is 0 Å². The molecule has 0 saturated heterocycles. The molecule has 3 N–H and O–H groups in total. The van der Waals surface area contributed by atoms with Gasteiger partial charge in [-0.2, -0.15) is 8.42 Å². The van der Waals surface area contributed by atoms with Crippen molar-refractivity contribution in [1.29, 1.82) is 0 Å². The van der Waals surface area contributed by atoms with Gasteiger partial charge in [0, 0.05) is 12.0 Å². The van der Waals surface area contributed by atoms with Crippen LogP contribution in [0, 0.1) is 5.92 Å². The molecule has 34 heavy (non-hydrogen) atoms. The molecule has 0 aliphatic carbocycles. The molecule has 0 fully saturated rings. The SMILES string of the molecule is CC(C)CC(N)C(CCCC(CS(=O)(=O)O)c1ncc(OC(C)C)cn1)O[Si](C)(C)C(C)(C)C. The van der Waals surface area contributed by atoms with Crippen LogP contribution in [0.15, 0.2) is 12.4 Å². The summed E-state index contributed by atoms with van der Waals surface area (Å²) in [4.78, 5) is 8.64. The highest BCUT2D eigenvalue weighted by atomic mass is 32.2. The Kier molecular flexibility index (Phi) is 11.6. The second kappa shape index (κ2) is 12.8. The lowest BCUT2D eigenvalue weighted by molar-refractivity contribution is 0.129. The molecule has 1 rings (SSSR count). The fraction of sp³-hybridized carbons (Fsp3) is 0.833. The van der Waals surface area contributed by atoms with Crippen LogP contribution in [-0.4, -0.2) is 55.3 Å². The largest absolute Gasteiger partial charge is 0.488 e. The second-order valence-corrected chi connectivity index (χ2v) is 17.8. The normalized spacial score (nSPS) is 16.0. The monoisotopic (exact) mass is 517 g/mol. The summed E-state index contributed by atoms with van der Waals surface area (Å²) < 4.78 is 45.2. The zero-order valence-corrected chi connectivity index (χ0v) is 24.4.